The van der Waals surface area contributed by atoms with E-state index in [4.69, 9.17) is 4.74 Å². The third-order valence-corrected chi connectivity index (χ3v) is 4.31. The van der Waals surface area contributed by atoms with Crippen molar-refractivity contribution in [3.63, 3.8) is 0 Å². The predicted octanol–water partition coefficient (Wildman–Crippen LogP) is 3.31. The first-order chi connectivity index (χ1) is 12.4. The Labute approximate surface area is 156 Å². The largest absolute Gasteiger partial charge is 0.455 e. The Morgan fingerprint density at radius 1 is 0.962 bits per heavy atom. The quantitative estimate of drug-likeness (QED) is 0.575. The summed E-state index contributed by atoms with van der Waals surface area (Å²) in [5.74, 6) is -1.05. The fourth-order valence-corrected chi connectivity index (χ4v) is 2.93. The molecule has 0 heterocycles. The van der Waals surface area contributed by atoms with E-state index in [9.17, 15) is 14.4 Å². The lowest BCUT2D eigenvalue weighted by molar-refractivity contribution is -0.146. The molecule has 26 heavy (non-hydrogen) atoms. The Bertz CT molecular complexity index is 763. The van der Waals surface area contributed by atoms with Crippen molar-refractivity contribution in [3.8, 4) is 0 Å². The fraction of sp³-hybridized carbons (Fsp3) is 0.211. The van der Waals surface area contributed by atoms with Gasteiger partial charge >= 0.3 is 5.97 Å². The summed E-state index contributed by atoms with van der Waals surface area (Å²) in [6, 6.07) is 16.1. The molecule has 0 aliphatic carbocycles. The summed E-state index contributed by atoms with van der Waals surface area (Å²) in [6.45, 7) is 2.80. The number of carbonyl (C=O) groups is 3. The van der Waals surface area contributed by atoms with Gasteiger partial charge in [0.15, 0.2) is 6.61 Å². The number of amides is 2. The second kappa shape index (κ2) is 9.62. The van der Waals surface area contributed by atoms with E-state index in [1.165, 1.54) is 18.7 Å². The molecule has 0 spiro atoms. The van der Waals surface area contributed by atoms with Crippen LogP contribution in [0.15, 0.2) is 59.5 Å². The summed E-state index contributed by atoms with van der Waals surface area (Å²) in [5.41, 5.74) is 1.18. The number of benzene rings is 2. The second-order valence-electron chi connectivity index (χ2n) is 5.49. The maximum absolute atomic E-state index is 12.0. The molecule has 2 aromatic rings. The molecule has 0 unspecified atom stereocenters. The number of hydrogen-bond donors (Lipinski definition) is 2. The number of thioether (sulfide) groups is 1. The Hall–Kier alpha value is -2.80. The summed E-state index contributed by atoms with van der Waals surface area (Å²) in [7, 11) is 0. The van der Waals surface area contributed by atoms with Crippen LogP contribution in [0.3, 0.4) is 0 Å². The molecule has 0 aromatic heterocycles. The number of anilines is 2. The smallest absolute Gasteiger partial charge is 0.319 e. The van der Waals surface area contributed by atoms with E-state index >= 15 is 0 Å². The molecule has 0 saturated carbocycles. The monoisotopic (exact) mass is 372 g/mol. The standard InChI is InChI=1S/C19H20N2O4S/c1-13(26-17-6-4-3-5-7-17)19(24)25-12-18(23)21-16-10-8-15(9-11-16)20-14(2)22/h3-11,13H,12H2,1-2H3,(H,20,22)(H,21,23)/t13-/m1/s1. The van der Waals surface area contributed by atoms with Gasteiger partial charge in [0.05, 0.1) is 0 Å². The first-order valence-electron chi connectivity index (χ1n) is 8.00. The van der Waals surface area contributed by atoms with E-state index in [1.54, 1.807) is 31.2 Å². The van der Waals surface area contributed by atoms with Crippen molar-refractivity contribution >= 4 is 40.9 Å². The minimum atomic E-state index is -0.449. The van der Waals surface area contributed by atoms with Crippen molar-refractivity contribution in [3.05, 3.63) is 54.6 Å². The predicted molar refractivity (Wildman–Crippen MR) is 102 cm³/mol. The van der Waals surface area contributed by atoms with Crippen LogP contribution in [0, 0.1) is 0 Å². The molecule has 0 fully saturated rings. The minimum absolute atomic E-state index is 0.170. The SMILES string of the molecule is CC(=O)Nc1ccc(NC(=O)COC(=O)[C@@H](C)Sc2ccccc2)cc1. The van der Waals surface area contributed by atoms with Crippen LogP contribution in [-0.2, 0) is 19.1 Å². The molecule has 0 aliphatic heterocycles. The Balaban J connectivity index is 1.77. The third kappa shape index (κ3) is 6.60. The zero-order valence-corrected chi connectivity index (χ0v) is 15.3. The molecule has 2 amide bonds. The van der Waals surface area contributed by atoms with E-state index in [2.05, 4.69) is 10.6 Å². The molecule has 2 rings (SSSR count). The average molecular weight is 372 g/mol. The second-order valence-corrected chi connectivity index (χ2v) is 6.90. The van der Waals surface area contributed by atoms with Crippen molar-refractivity contribution in [1.29, 1.82) is 0 Å². The lowest BCUT2D eigenvalue weighted by Gasteiger charge is -2.11. The first kappa shape index (κ1) is 19.5. The Morgan fingerprint density at radius 2 is 1.54 bits per heavy atom. The van der Waals surface area contributed by atoms with E-state index in [-0.39, 0.29) is 12.5 Å². The molecule has 7 heteroatoms. The van der Waals surface area contributed by atoms with E-state index in [0.717, 1.165) is 4.90 Å². The van der Waals surface area contributed by atoms with Crippen LogP contribution < -0.4 is 10.6 Å². The van der Waals surface area contributed by atoms with Crippen molar-refractivity contribution in [2.75, 3.05) is 17.2 Å². The molecule has 1 atom stereocenters. The normalized spacial score (nSPS) is 11.3. The molecule has 0 bridgehead atoms. The number of rotatable bonds is 7. The number of nitrogens with one attached hydrogen (secondary N) is 2. The summed E-state index contributed by atoms with van der Waals surface area (Å²) in [6.07, 6.45) is 0. The molecule has 6 nitrogen and oxygen atoms in total. The molecule has 2 aromatic carbocycles. The number of hydrogen-bond acceptors (Lipinski definition) is 5. The number of ether oxygens (including phenoxy) is 1. The van der Waals surface area contributed by atoms with Gasteiger partial charge < -0.3 is 15.4 Å². The van der Waals surface area contributed by atoms with Crippen molar-refractivity contribution < 1.29 is 19.1 Å². The van der Waals surface area contributed by atoms with E-state index < -0.39 is 17.1 Å². The zero-order valence-electron chi connectivity index (χ0n) is 14.5. The molecule has 0 aliphatic rings. The summed E-state index contributed by atoms with van der Waals surface area (Å²) >= 11 is 1.37. The molecule has 0 saturated heterocycles. The molecule has 2 N–H and O–H groups in total. The highest BCUT2D eigenvalue weighted by Gasteiger charge is 2.17. The van der Waals surface area contributed by atoms with Gasteiger partial charge in [-0.15, -0.1) is 11.8 Å². The van der Waals surface area contributed by atoms with Gasteiger partial charge in [0.1, 0.15) is 5.25 Å². The van der Waals surface area contributed by atoms with E-state index in [1.807, 2.05) is 30.3 Å². The van der Waals surface area contributed by atoms with Crippen LogP contribution >= 0.6 is 11.8 Å². The topological polar surface area (TPSA) is 84.5 Å². The highest BCUT2D eigenvalue weighted by molar-refractivity contribution is 8.00. The van der Waals surface area contributed by atoms with Gasteiger partial charge in [0.2, 0.25) is 5.91 Å². The minimum Gasteiger partial charge on any atom is -0.455 e. The van der Waals surface area contributed by atoms with Gasteiger partial charge in [0.25, 0.3) is 5.91 Å². The van der Waals surface area contributed by atoms with Crippen molar-refractivity contribution in [2.24, 2.45) is 0 Å². The molecular formula is C19H20N2O4S. The van der Waals surface area contributed by atoms with Crippen molar-refractivity contribution in [1.82, 2.24) is 0 Å². The lowest BCUT2D eigenvalue weighted by atomic mass is 10.2. The molecule has 0 radical (unpaired) electrons. The van der Waals surface area contributed by atoms with Crippen LogP contribution in [0.2, 0.25) is 0 Å². The molecular weight excluding hydrogens is 352 g/mol. The van der Waals surface area contributed by atoms with Crippen LogP contribution in [0.25, 0.3) is 0 Å². The van der Waals surface area contributed by atoms with Gasteiger partial charge in [-0.25, -0.2) is 0 Å². The van der Waals surface area contributed by atoms with Gasteiger partial charge in [-0.2, -0.15) is 0 Å². The maximum Gasteiger partial charge on any atom is 0.319 e. The number of esters is 1. The van der Waals surface area contributed by atoms with Gasteiger partial charge in [-0.3, -0.25) is 14.4 Å². The van der Waals surface area contributed by atoms with Crippen LogP contribution in [0.1, 0.15) is 13.8 Å². The number of carbonyl (C=O) groups excluding carboxylic acids is 3. The summed E-state index contributed by atoms with van der Waals surface area (Å²) in [4.78, 5) is 35.8. The van der Waals surface area contributed by atoms with Gasteiger partial charge in [0, 0.05) is 23.2 Å². The highest BCUT2D eigenvalue weighted by Crippen LogP contribution is 2.23. The van der Waals surface area contributed by atoms with E-state index in [0.29, 0.717) is 11.4 Å². The van der Waals surface area contributed by atoms with Crippen LogP contribution in [0.5, 0.6) is 0 Å². The third-order valence-electron chi connectivity index (χ3n) is 3.22. The summed E-state index contributed by atoms with van der Waals surface area (Å²) in [5, 5.41) is 4.85. The zero-order chi connectivity index (χ0) is 18.9. The molecule has 136 valence electrons. The lowest BCUT2D eigenvalue weighted by Crippen LogP contribution is -2.24. The summed E-state index contributed by atoms with van der Waals surface area (Å²) < 4.78 is 5.06. The Morgan fingerprint density at radius 3 is 2.12 bits per heavy atom. The highest BCUT2D eigenvalue weighted by atomic mass is 32.2. The Kier molecular flexibility index (Phi) is 7.23. The van der Waals surface area contributed by atoms with Crippen LogP contribution in [-0.4, -0.2) is 29.6 Å². The fourth-order valence-electron chi connectivity index (χ4n) is 2.04. The first-order valence-corrected chi connectivity index (χ1v) is 8.88. The van der Waals surface area contributed by atoms with Crippen molar-refractivity contribution in [2.45, 2.75) is 24.0 Å². The van der Waals surface area contributed by atoms with Crippen LogP contribution in [0.4, 0.5) is 11.4 Å². The van der Waals surface area contributed by atoms with Gasteiger partial charge in [-0.05, 0) is 43.3 Å². The maximum atomic E-state index is 12.0. The average Bonchev–Trinajstić information content (AvgIpc) is 2.61. The van der Waals surface area contributed by atoms with Gasteiger partial charge in [-0.1, -0.05) is 18.2 Å².